The van der Waals surface area contributed by atoms with Crippen LogP contribution in [0.5, 0.6) is 0 Å². The minimum atomic E-state index is -0.248. The van der Waals surface area contributed by atoms with Gasteiger partial charge in [-0.25, -0.2) is 4.39 Å². The standard InChI is InChI=1S/C17H19FN2O/c1-11-9-12(2)16(19)10-14(11)17(21)20-8-7-13-5-3-4-6-15(13)18/h3-6,9-10H,7-8,19H2,1-2H3,(H,20,21). The molecule has 0 atom stereocenters. The lowest BCUT2D eigenvalue weighted by Gasteiger charge is -2.10. The van der Waals surface area contributed by atoms with Crippen LogP contribution in [-0.4, -0.2) is 12.5 Å². The Labute approximate surface area is 124 Å². The van der Waals surface area contributed by atoms with E-state index >= 15 is 0 Å². The third kappa shape index (κ3) is 3.60. The Balaban J connectivity index is 2.00. The van der Waals surface area contributed by atoms with Crippen LogP contribution in [-0.2, 0) is 6.42 Å². The molecule has 0 aromatic heterocycles. The topological polar surface area (TPSA) is 55.1 Å². The monoisotopic (exact) mass is 286 g/mol. The number of aryl methyl sites for hydroxylation is 2. The molecule has 2 aromatic carbocycles. The Hall–Kier alpha value is -2.36. The van der Waals surface area contributed by atoms with E-state index in [0.717, 1.165) is 11.1 Å². The number of nitrogen functional groups attached to an aromatic ring is 1. The van der Waals surface area contributed by atoms with Crippen molar-refractivity contribution in [2.24, 2.45) is 0 Å². The van der Waals surface area contributed by atoms with Crippen molar-refractivity contribution in [3.8, 4) is 0 Å². The number of rotatable bonds is 4. The second-order valence-corrected chi connectivity index (χ2v) is 5.12. The smallest absolute Gasteiger partial charge is 0.251 e. The van der Waals surface area contributed by atoms with Crippen LogP contribution in [0.1, 0.15) is 27.0 Å². The molecule has 0 spiro atoms. The van der Waals surface area contributed by atoms with Crippen LogP contribution in [0.25, 0.3) is 0 Å². The Bertz CT molecular complexity index is 668. The minimum Gasteiger partial charge on any atom is -0.398 e. The van der Waals surface area contributed by atoms with Crippen molar-refractivity contribution in [1.29, 1.82) is 0 Å². The third-order valence-corrected chi connectivity index (χ3v) is 3.50. The maximum absolute atomic E-state index is 13.5. The lowest BCUT2D eigenvalue weighted by Crippen LogP contribution is -2.26. The minimum absolute atomic E-state index is 0.185. The van der Waals surface area contributed by atoms with Crippen LogP contribution in [0.3, 0.4) is 0 Å². The molecule has 0 radical (unpaired) electrons. The van der Waals surface area contributed by atoms with Gasteiger partial charge >= 0.3 is 0 Å². The van der Waals surface area contributed by atoms with Crippen LogP contribution in [0, 0.1) is 19.7 Å². The van der Waals surface area contributed by atoms with Crippen molar-refractivity contribution in [3.05, 3.63) is 64.5 Å². The first kappa shape index (κ1) is 15.0. The highest BCUT2D eigenvalue weighted by molar-refractivity contribution is 5.96. The number of anilines is 1. The highest BCUT2D eigenvalue weighted by Gasteiger charge is 2.11. The molecule has 0 aliphatic rings. The van der Waals surface area contributed by atoms with Crippen LogP contribution in [0.4, 0.5) is 10.1 Å². The number of benzene rings is 2. The molecule has 0 unspecified atom stereocenters. The van der Waals surface area contributed by atoms with E-state index in [1.54, 1.807) is 24.3 Å². The fourth-order valence-electron chi connectivity index (χ4n) is 2.22. The van der Waals surface area contributed by atoms with Gasteiger partial charge in [-0.2, -0.15) is 0 Å². The van der Waals surface area contributed by atoms with Crippen LogP contribution < -0.4 is 11.1 Å². The van der Waals surface area contributed by atoms with Gasteiger partial charge in [-0.05, 0) is 49.1 Å². The summed E-state index contributed by atoms with van der Waals surface area (Å²) in [6.07, 6.45) is 0.457. The molecular weight excluding hydrogens is 267 g/mol. The Morgan fingerprint density at radius 3 is 2.62 bits per heavy atom. The van der Waals surface area contributed by atoms with Gasteiger partial charge in [-0.15, -0.1) is 0 Å². The molecule has 0 fully saturated rings. The number of carbonyl (C=O) groups excluding carboxylic acids is 1. The zero-order valence-electron chi connectivity index (χ0n) is 12.2. The van der Waals surface area contributed by atoms with E-state index in [-0.39, 0.29) is 11.7 Å². The average Bonchev–Trinajstić information content (AvgIpc) is 2.44. The lowest BCUT2D eigenvalue weighted by molar-refractivity contribution is 0.0953. The number of nitrogens with one attached hydrogen (secondary N) is 1. The number of nitrogens with two attached hydrogens (primary N) is 1. The summed E-state index contributed by atoms with van der Waals surface area (Å²) in [6, 6.07) is 10.1. The predicted octanol–water partition coefficient (Wildman–Crippen LogP) is 3.00. The quantitative estimate of drug-likeness (QED) is 0.849. The maximum atomic E-state index is 13.5. The maximum Gasteiger partial charge on any atom is 0.251 e. The summed E-state index contributed by atoms with van der Waals surface area (Å²) in [5.74, 6) is -0.432. The summed E-state index contributed by atoms with van der Waals surface area (Å²) in [6.45, 7) is 4.16. The van der Waals surface area contributed by atoms with Gasteiger partial charge in [-0.3, -0.25) is 4.79 Å². The fourth-order valence-corrected chi connectivity index (χ4v) is 2.22. The molecule has 3 nitrogen and oxygen atoms in total. The predicted molar refractivity (Wildman–Crippen MR) is 82.8 cm³/mol. The Morgan fingerprint density at radius 1 is 1.19 bits per heavy atom. The van der Waals surface area contributed by atoms with Crippen molar-refractivity contribution >= 4 is 11.6 Å². The number of carbonyl (C=O) groups is 1. The van der Waals surface area contributed by atoms with Crippen LogP contribution >= 0.6 is 0 Å². The van der Waals surface area contributed by atoms with Gasteiger partial charge in [0.25, 0.3) is 5.91 Å². The summed E-state index contributed by atoms with van der Waals surface area (Å²) in [5, 5.41) is 2.80. The zero-order valence-corrected chi connectivity index (χ0v) is 12.2. The lowest BCUT2D eigenvalue weighted by atomic mass is 10.0. The second kappa shape index (κ2) is 6.39. The molecule has 3 N–H and O–H groups in total. The van der Waals surface area contributed by atoms with E-state index in [9.17, 15) is 9.18 Å². The summed E-state index contributed by atoms with van der Waals surface area (Å²) in [4.78, 5) is 12.1. The Kier molecular flexibility index (Phi) is 4.58. The summed E-state index contributed by atoms with van der Waals surface area (Å²) < 4.78 is 13.5. The van der Waals surface area contributed by atoms with Crippen LogP contribution in [0.2, 0.25) is 0 Å². The van der Waals surface area contributed by atoms with E-state index in [2.05, 4.69) is 5.32 Å². The molecule has 1 amide bonds. The largest absolute Gasteiger partial charge is 0.398 e. The molecule has 4 heteroatoms. The van der Waals surface area contributed by atoms with E-state index in [4.69, 9.17) is 5.73 Å². The van der Waals surface area contributed by atoms with Gasteiger partial charge in [0.2, 0.25) is 0 Å². The molecule has 0 saturated heterocycles. The van der Waals surface area contributed by atoms with Gasteiger partial charge in [0.15, 0.2) is 0 Å². The molecule has 0 saturated carbocycles. The number of amides is 1. The molecule has 110 valence electrons. The van der Waals surface area contributed by atoms with Gasteiger partial charge in [0, 0.05) is 17.8 Å². The molecule has 2 rings (SSSR count). The summed E-state index contributed by atoms with van der Waals surface area (Å²) in [5.41, 5.74) is 9.43. The van der Waals surface area contributed by atoms with E-state index in [1.807, 2.05) is 19.9 Å². The molecule has 21 heavy (non-hydrogen) atoms. The first-order valence-corrected chi connectivity index (χ1v) is 6.87. The Morgan fingerprint density at radius 2 is 1.90 bits per heavy atom. The highest BCUT2D eigenvalue weighted by atomic mass is 19.1. The normalized spacial score (nSPS) is 10.4. The molecule has 0 aliphatic heterocycles. The van der Waals surface area contributed by atoms with Crippen LogP contribution in [0.15, 0.2) is 36.4 Å². The molecule has 2 aromatic rings. The molecule has 0 heterocycles. The number of hydrogen-bond donors (Lipinski definition) is 2. The van der Waals surface area contributed by atoms with E-state index < -0.39 is 0 Å². The number of hydrogen-bond acceptors (Lipinski definition) is 2. The van der Waals surface area contributed by atoms with Gasteiger partial charge in [0.1, 0.15) is 5.82 Å². The first-order valence-electron chi connectivity index (χ1n) is 6.87. The van der Waals surface area contributed by atoms with Crippen molar-refractivity contribution in [2.45, 2.75) is 20.3 Å². The third-order valence-electron chi connectivity index (χ3n) is 3.50. The summed E-state index contributed by atoms with van der Waals surface area (Å²) in [7, 11) is 0. The highest BCUT2D eigenvalue weighted by Crippen LogP contribution is 2.17. The van der Waals surface area contributed by atoms with Crippen molar-refractivity contribution < 1.29 is 9.18 Å². The number of halogens is 1. The molecular formula is C17H19FN2O. The molecule has 0 aliphatic carbocycles. The zero-order chi connectivity index (χ0) is 15.4. The SMILES string of the molecule is Cc1cc(C)c(C(=O)NCCc2ccccc2F)cc1N. The van der Waals surface area contributed by atoms with Crippen molar-refractivity contribution in [2.75, 3.05) is 12.3 Å². The molecule has 0 bridgehead atoms. The average molecular weight is 286 g/mol. The summed E-state index contributed by atoms with van der Waals surface area (Å²) >= 11 is 0. The van der Waals surface area contributed by atoms with Gasteiger partial charge in [0.05, 0.1) is 0 Å². The van der Waals surface area contributed by atoms with Crippen molar-refractivity contribution in [1.82, 2.24) is 5.32 Å². The fraction of sp³-hybridized carbons (Fsp3) is 0.235. The van der Waals surface area contributed by atoms with E-state index in [0.29, 0.717) is 29.8 Å². The van der Waals surface area contributed by atoms with Gasteiger partial charge < -0.3 is 11.1 Å². The second-order valence-electron chi connectivity index (χ2n) is 5.12. The van der Waals surface area contributed by atoms with Gasteiger partial charge in [-0.1, -0.05) is 24.3 Å². The van der Waals surface area contributed by atoms with Crippen molar-refractivity contribution in [3.63, 3.8) is 0 Å². The first-order chi connectivity index (χ1) is 9.99. The van der Waals surface area contributed by atoms with E-state index in [1.165, 1.54) is 6.07 Å².